The lowest BCUT2D eigenvalue weighted by Crippen LogP contribution is -2.26. The molecule has 0 bridgehead atoms. The summed E-state index contributed by atoms with van der Waals surface area (Å²) in [6.07, 6.45) is 2.60. The lowest BCUT2D eigenvalue weighted by molar-refractivity contribution is 0.0697. The van der Waals surface area contributed by atoms with Crippen molar-refractivity contribution in [1.82, 2.24) is 20.0 Å². The number of β-amino-alcohol motifs (C(OH)–C–C–N with tert-alkyl or cyclic N) is 1. The largest absolute Gasteiger partial charge is 0.478 e. The number of aromatic nitrogens is 2. The minimum Gasteiger partial charge on any atom is -0.478 e. The van der Waals surface area contributed by atoms with Gasteiger partial charge in [-0.2, -0.15) is 5.10 Å². The van der Waals surface area contributed by atoms with Gasteiger partial charge < -0.3 is 20.4 Å². The third kappa shape index (κ3) is 4.74. The molecule has 2 aliphatic heterocycles. The maximum absolute atomic E-state index is 11.4. The predicted molar refractivity (Wildman–Crippen MR) is 132 cm³/mol. The van der Waals surface area contributed by atoms with Crippen molar-refractivity contribution in [3.63, 3.8) is 0 Å². The quantitative estimate of drug-likeness (QED) is 0.478. The van der Waals surface area contributed by atoms with Crippen LogP contribution in [-0.4, -0.2) is 63.1 Å². The van der Waals surface area contributed by atoms with E-state index >= 15 is 0 Å². The number of hydrogen-bond acceptors (Lipinski definition) is 5. The molecule has 0 saturated carbocycles. The van der Waals surface area contributed by atoms with Gasteiger partial charge >= 0.3 is 5.97 Å². The molecule has 5 rings (SSSR count). The average Bonchev–Trinajstić information content (AvgIpc) is 3.43. The van der Waals surface area contributed by atoms with Crippen molar-refractivity contribution in [3.05, 3.63) is 64.3 Å². The zero-order valence-corrected chi connectivity index (χ0v) is 19.8. The summed E-state index contributed by atoms with van der Waals surface area (Å²) in [6.45, 7) is 5.24. The predicted octanol–water partition coefficient (Wildman–Crippen LogP) is 3.67. The smallest absolute Gasteiger partial charge is 0.335 e. The van der Waals surface area contributed by atoms with Crippen LogP contribution in [0.3, 0.4) is 0 Å². The van der Waals surface area contributed by atoms with Crippen LogP contribution >= 0.6 is 11.6 Å². The Morgan fingerprint density at radius 1 is 1.18 bits per heavy atom. The van der Waals surface area contributed by atoms with E-state index in [1.807, 2.05) is 24.3 Å². The van der Waals surface area contributed by atoms with Crippen molar-refractivity contribution < 1.29 is 15.0 Å². The molecule has 3 heterocycles. The van der Waals surface area contributed by atoms with Crippen molar-refractivity contribution in [2.75, 3.05) is 26.2 Å². The summed E-state index contributed by atoms with van der Waals surface area (Å²) in [5, 5.41) is 28.2. The minimum atomic E-state index is -0.962. The van der Waals surface area contributed by atoms with E-state index in [-0.39, 0.29) is 11.7 Å². The second-order valence-corrected chi connectivity index (χ2v) is 9.51. The maximum Gasteiger partial charge on any atom is 0.335 e. The van der Waals surface area contributed by atoms with Crippen molar-refractivity contribution in [2.45, 2.75) is 38.5 Å². The molecule has 34 heavy (non-hydrogen) atoms. The molecule has 8 heteroatoms. The molecule has 0 radical (unpaired) electrons. The molecule has 1 atom stereocenters. The van der Waals surface area contributed by atoms with Crippen LogP contribution in [0, 0.1) is 0 Å². The van der Waals surface area contributed by atoms with Gasteiger partial charge in [-0.3, -0.25) is 4.68 Å². The molecule has 1 unspecified atom stereocenters. The molecule has 3 aromatic rings. The molecule has 1 saturated heterocycles. The third-order valence-electron chi connectivity index (χ3n) is 6.76. The van der Waals surface area contributed by atoms with E-state index in [4.69, 9.17) is 16.7 Å². The van der Waals surface area contributed by atoms with Gasteiger partial charge in [0, 0.05) is 73.1 Å². The first-order chi connectivity index (χ1) is 16.5. The van der Waals surface area contributed by atoms with Crippen molar-refractivity contribution in [1.29, 1.82) is 0 Å². The summed E-state index contributed by atoms with van der Waals surface area (Å²) >= 11 is 6.53. The van der Waals surface area contributed by atoms with Crippen LogP contribution < -0.4 is 5.32 Å². The fourth-order valence-electron chi connectivity index (χ4n) is 5.01. The molecule has 0 aliphatic carbocycles. The van der Waals surface area contributed by atoms with Gasteiger partial charge in [0.15, 0.2) is 0 Å². The van der Waals surface area contributed by atoms with Crippen LogP contribution in [0.1, 0.15) is 34.5 Å². The summed E-state index contributed by atoms with van der Waals surface area (Å²) < 4.78 is 2.15. The number of rotatable bonds is 7. The van der Waals surface area contributed by atoms with E-state index in [2.05, 4.69) is 14.9 Å². The molecule has 1 aromatic heterocycles. The monoisotopic (exact) mass is 480 g/mol. The molecule has 1 fully saturated rings. The fraction of sp³-hybridized carbons (Fsp3) is 0.385. The van der Waals surface area contributed by atoms with E-state index in [1.54, 1.807) is 18.2 Å². The Morgan fingerprint density at radius 3 is 2.85 bits per heavy atom. The number of fused-ring (bicyclic) bond motifs is 1. The molecule has 178 valence electrons. The van der Waals surface area contributed by atoms with Gasteiger partial charge in [-0.05, 0) is 42.7 Å². The number of hydrogen-bond donors (Lipinski definition) is 3. The van der Waals surface area contributed by atoms with E-state index < -0.39 is 5.97 Å². The zero-order chi connectivity index (χ0) is 23.7. The van der Waals surface area contributed by atoms with E-state index in [0.29, 0.717) is 5.02 Å². The van der Waals surface area contributed by atoms with Crippen LogP contribution in [0.25, 0.3) is 22.4 Å². The lowest BCUT2D eigenvalue weighted by atomic mass is 9.97. The SMILES string of the molecule is O=C(O)c1cccc(-c2cc(-c3nn(CCCN4CCC(O)C4)c4c3CNCC4)ccc2Cl)c1. The summed E-state index contributed by atoms with van der Waals surface area (Å²) in [5.41, 5.74) is 6.21. The van der Waals surface area contributed by atoms with Crippen molar-refractivity contribution in [2.24, 2.45) is 0 Å². The number of aliphatic hydroxyl groups is 1. The number of carboxylic acid groups (broad SMARTS) is 1. The van der Waals surface area contributed by atoms with Gasteiger partial charge in [0.05, 0.1) is 17.4 Å². The van der Waals surface area contributed by atoms with Crippen LogP contribution in [0.2, 0.25) is 5.02 Å². The van der Waals surface area contributed by atoms with Crippen molar-refractivity contribution in [3.8, 4) is 22.4 Å². The fourth-order valence-corrected chi connectivity index (χ4v) is 5.24. The molecule has 0 amide bonds. The number of aromatic carboxylic acids is 1. The Kier molecular flexibility index (Phi) is 6.70. The summed E-state index contributed by atoms with van der Waals surface area (Å²) in [7, 11) is 0. The summed E-state index contributed by atoms with van der Waals surface area (Å²) in [6, 6.07) is 12.7. The van der Waals surface area contributed by atoms with Gasteiger partial charge in [0.1, 0.15) is 0 Å². The first-order valence-electron chi connectivity index (χ1n) is 11.8. The van der Waals surface area contributed by atoms with Crippen LogP contribution in [0.4, 0.5) is 0 Å². The van der Waals surface area contributed by atoms with Crippen LogP contribution in [-0.2, 0) is 19.5 Å². The van der Waals surface area contributed by atoms with Gasteiger partial charge in [-0.25, -0.2) is 4.79 Å². The maximum atomic E-state index is 11.4. The van der Waals surface area contributed by atoms with Crippen LogP contribution in [0.15, 0.2) is 42.5 Å². The number of carboxylic acids is 1. The Labute approximate surface area is 204 Å². The number of benzene rings is 2. The van der Waals surface area contributed by atoms with E-state index in [1.165, 1.54) is 11.3 Å². The average molecular weight is 481 g/mol. The minimum absolute atomic E-state index is 0.189. The molecule has 2 aromatic carbocycles. The highest BCUT2D eigenvalue weighted by Crippen LogP contribution is 2.35. The van der Waals surface area contributed by atoms with Crippen molar-refractivity contribution >= 4 is 17.6 Å². The second-order valence-electron chi connectivity index (χ2n) is 9.10. The third-order valence-corrected chi connectivity index (χ3v) is 7.09. The molecular formula is C26H29ClN4O3. The number of likely N-dealkylation sites (tertiary alicyclic amines) is 1. The number of nitrogens with zero attached hydrogens (tertiary/aromatic N) is 3. The number of carbonyl (C=O) groups is 1. The van der Waals surface area contributed by atoms with Crippen LogP contribution in [0.5, 0.6) is 0 Å². The van der Waals surface area contributed by atoms with Gasteiger partial charge in [-0.15, -0.1) is 0 Å². The Balaban J connectivity index is 1.44. The molecular weight excluding hydrogens is 452 g/mol. The molecule has 0 spiro atoms. The second kappa shape index (κ2) is 9.88. The molecule has 7 nitrogen and oxygen atoms in total. The van der Waals surface area contributed by atoms with Gasteiger partial charge in [-0.1, -0.05) is 29.8 Å². The number of nitrogens with one attached hydrogen (secondary N) is 1. The van der Waals surface area contributed by atoms with Gasteiger partial charge in [0.2, 0.25) is 0 Å². The van der Waals surface area contributed by atoms with E-state index in [9.17, 15) is 15.0 Å². The topological polar surface area (TPSA) is 90.6 Å². The normalized spacial score (nSPS) is 18.2. The first-order valence-corrected chi connectivity index (χ1v) is 12.2. The number of aryl methyl sites for hydroxylation is 1. The highest BCUT2D eigenvalue weighted by molar-refractivity contribution is 6.33. The van der Waals surface area contributed by atoms with Gasteiger partial charge in [0.25, 0.3) is 0 Å². The highest BCUT2D eigenvalue weighted by atomic mass is 35.5. The summed E-state index contributed by atoms with van der Waals surface area (Å²) in [5.74, 6) is -0.962. The Bertz CT molecular complexity index is 1210. The summed E-state index contributed by atoms with van der Waals surface area (Å²) in [4.78, 5) is 13.8. The Morgan fingerprint density at radius 2 is 2.06 bits per heavy atom. The highest BCUT2D eigenvalue weighted by Gasteiger charge is 2.23. The standard InChI is InChI=1S/C26H29ClN4O3/c27-23-6-5-18(14-21(23)17-3-1-4-19(13-17)26(33)34)25-22-15-28-9-7-24(22)31(29-25)11-2-10-30-12-8-20(32)16-30/h1,3-6,13-14,20,28,32H,2,7-12,15-16H2,(H,33,34). The zero-order valence-electron chi connectivity index (χ0n) is 19.0. The molecule has 2 aliphatic rings. The number of halogens is 1. The molecule has 3 N–H and O–H groups in total. The Hall–Kier alpha value is -2.71. The first kappa shape index (κ1) is 23.1. The lowest BCUT2D eigenvalue weighted by Gasteiger charge is -2.17. The number of aliphatic hydroxyl groups excluding tert-OH is 1. The van der Waals surface area contributed by atoms with E-state index in [0.717, 1.165) is 80.9 Å².